The van der Waals surface area contributed by atoms with Crippen LogP contribution in [0.5, 0.6) is 5.75 Å². The van der Waals surface area contributed by atoms with Crippen molar-refractivity contribution < 1.29 is 27.9 Å². The summed E-state index contributed by atoms with van der Waals surface area (Å²) < 4.78 is 29.7. The summed E-state index contributed by atoms with van der Waals surface area (Å²) in [6.07, 6.45) is 3.18. The lowest BCUT2D eigenvalue weighted by Gasteiger charge is -2.32. The van der Waals surface area contributed by atoms with Gasteiger partial charge < -0.3 is 19.9 Å². The number of benzene rings is 1. The molecule has 0 spiro atoms. The van der Waals surface area contributed by atoms with Gasteiger partial charge in [-0.1, -0.05) is 12.1 Å². The predicted molar refractivity (Wildman–Crippen MR) is 101 cm³/mol. The van der Waals surface area contributed by atoms with Crippen LogP contribution >= 0.6 is 0 Å². The van der Waals surface area contributed by atoms with Crippen molar-refractivity contribution in [2.24, 2.45) is 5.92 Å². The summed E-state index contributed by atoms with van der Waals surface area (Å²) in [4.78, 5) is 40.6. The molecule has 0 saturated carbocycles. The van der Waals surface area contributed by atoms with E-state index in [1.807, 2.05) is 0 Å². The minimum absolute atomic E-state index is 0.0399. The minimum Gasteiger partial charge on any atom is -0.434 e. The molecule has 2 heterocycles. The highest BCUT2D eigenvalue weighted by atomic mass is 19.3. The maximum absolute atomic E-state index is 12.8. The Balaban J connectivity index is 1.58. The standard InChI is InChI=1S/C20H25F2N3O4/c21-20(22)29-16-8-2-1-7-15(16)19(28)25-11-5-6-14(13-25)18(27)23-12-17(26)24-9-3-4-10-24/h1-2,7-8,14,20H,3-6,9-13H2,(H,23,27). The summed E-state index contributed by atoms with van der Waals surface area (Å²) in [7, 11) is 0. The van der Waals surface area contributed by atoms with Crippen molar-refractivity contribution in [3.8, 4) is 5.75 Å². The van der Waals surface area contributed by atoms with Crippen LogP contribution in [0, 0.1) is 5.92 Å². The topological polar surface area (TPSA) is 79.0 Å². The molecular formula is C20H25F2N3O4. The molecule has 1 aromatic carbocycles. The lowest BCUT2D eigenvalue weighted by atomic mass is 9.96. The molecule has 2 fully saturated rings. The summed E-state index contributed by atoms with van der Waals surface area (Å²) in [5.74, 6) is -1.45. The first-order valence-electron chi connectivity index (χ1n) is 9.84. The lowest BCUT2D eigenvalue weighted by Crippen LogP contribution is -2.47. The number of para-hydroxylation sites is 1. The number of hydrogen-bond acceptors (Lipinski definition) is 4. The highest BCUT2D eigenvalue weighted by molar-refractivity contribution is 5.97. The van der Waals surface area contributed by atoms with E-state index in [2.05, 4.69) is 10.1 Å². The summed E-state index contributed by atoms with van der Waals surface area (Å²) in [6, 6.07) is 5.83. The second-order valence-electron chi connectivity index (χ2n) is 7.27. The van der Waals surface area contributed by atoms with E-state index in [9.17, 15) is 23.2 Å². The largest absolute Gasteiger partial charge is 0.434 e. The van der Waals surface area contributed by atoms with Gasteiger partial charge in [0.1, 0.15) is 5.75 Å². The van der Waals surface area contributed by atoms with Crippen LogP contribution in [-0.2, 0) is 9.59 Å². The van der Waals surface area contributed by atoms with Crippen molar-refractivity contribution in [1.82, 2.24) is 15.1 Å². The molecule has 0 aromatic heterocycles. The highest BCUT2D eigenvalue weighted by Crippen LogP contribution is 2.25. The van der Waals surface area contributed by atoms with Crippen LogP contribution < -0.4 is 10.1 Å². The molecule has 0 aliphatic carbocycles. The smallest absolute Gasteiger partial charge is 0.387 e. The molecule has 9 heteroatoms. The maximum atomic E-state index is 12.8. The van der Waals surface area contributed by atoms with Crippen molar-refractivity contribution in [1.29, 1.82) is 0 Å². The fraction of sp³-hybridized carbons (Fsp3) is 0.550. The molecule has 1 aromatic rings. The van der Waals surface area contributed by atoms with E-state index in [0.717, 1.165) is 25.9 Å². The van der Waals surface area contributed by atoms with E-state index in [-0.39, 0.29) is 36.2 Å². The molecule has 1 atom stereocenters. The van der Waals surface area contributed by atoms with Crippen molar-refractivity contribution in [3.05, 3.63) is 29.8 Å². The number of hydrogen-bond donors (Lipinski definition) is 1. The maximum Gasteiger partial charge on any atom is 0.387 e. The van der Waals surface area contributed by atoms with Gasteiger partial charge in [0.15, 0.2) is 0 Å². The number of nitrogens with zero attached hydrogens (tertiary/aromatic N) is 2. The van der Waals surface area contributed by atoms with Gasteiger partial charge in [0.2, 0.25) is 11.8 Å². The average Bonchev–Trinajstić information content (AvgIpc) is 3.26. The van der Waals surface area contributed by atoms with Crippen LogP contribution in [0.25, 0.3) is 0 Å². The zero-order chi connectivity index (χ0) is 20.8. The van der Waals surface area contributed by atoms with Gasteiger partial charge in [0.05, 0.1) is 18.0 Å². The first-order valence-corrected chi connectivity index (χ1v) is 9.84. The van der Waals surface area contributed by atoms with Gasteiger partial charge in [-0.25, -0.2) is 0 Å². The lowest BCUT2D eigenvalue weighted by molar-refractivity contribution is -0.133. The van der Waals surface area contributed by atoms with Crippen LogP contribution in [0.3, 0.4) is 0 Å². The molecule has 2 aliphatic heterocycles. The molecule has 3 amide bonds. The summed E-state index contributed by atoms with van der Waals surface area (Å²) >= 11 is 0. The average molecular weight is 409 g/mol. The molecule has 29 heavy (non-hydrogen) atoms. The number of carbonyl (C=O) groups excluding carboxylic acids is 3. The number of likely N-dealkylation sites (tertiary alicyclic amines) is 2. The Morgan fingerprint density at radius 1 is 1.07 bits per heavy atom. The van der Waals surface area contributed by atoms with E-state index in [1.54, 1.807) is 11.0 Å². The minimum atomic E-state index is -3.03. The molecule has 2 saturated heterocycles. The van der Waals surface area contributed by atoms with Crippen LogP contribution in [0.1, 0.15) is 36.0 Å². The Labute approximate surface area is 168 Å². The Bertz CT molecular complexity index is 753. The second-order valence-corrected chi connectivity index (χ2v) is 7.27. The van der Waals surface area contributed by atoms with E-state index < -0.39 is 18.4 Å². The third-order valence-corrected chi connectivity index (χ3v) is 5.29. The van der Waals surface area contributed by atoms with Crippen molar-refractivity contribution >= 4 is 17.7 Å². The molecule has 3 rings (SSSR count). The van der Waals surface area contributed by atoms with Gasteiger partial charge in [-0.15, -0.1) is 0 Å². The molecule has 1 unspecified atom stereocenters. The highest BCUT2D eigenvalue weighted by Gasteiger charge is 2.30. The van der Waals surface area contributed by atoms with Crippen molar-refractivity contribution in [3.63, 3.8) is 0 Å². The number of alkyl halides is 2. The van der Waals surface area contributed by atoms with Gasteiger partial charge >= 0.3 is 6.61 Å². The number of rotatable bonds is 6. The SMILES string of the molecule is O=C(NCC(=O)N1CCCC1)C1CCCN(C(=O)c2ccccc2OC(F)F)C1. The van der Waals surface area contributed by atoms with E-state index >= 15 is 0 Å². The second kappa shape index (κ2) is 9.67. The number of piperidine rings is 1. The zero-order valence-electron chi connectivity index (χ0n) is 16.1. The summed E-state index contributed by atoms with van der Waals surface area (Å²) in [5, 5.41) is 2.67. The Morgan fingerprint density at radius 3 is 2.48 bits per heavy atom. The van der Waals surface area contributed by atoms with E-state index in [0.29, 0.717) is 19.4 Å². The van der Waals surface area contributed by atoms with Crippen molar-refractivity contribution in [2.45, 2.75) is 32.3 Å². The Hall–Kier alpha value is -2.71. The zero-order valence-corrected chi connectivity index (χ0v) is 16.1. The number of carbonyl (C=O) groups is 3. The first-order chi connectivity index (χ1) is 14.0. The normalized spacial score (nSPS) is 19.3. The van der Waals surface area contributed by atoms with Gasteiger partial charge in [-0.3, -0.25) is 14.4 Å². The number of nitrogens with one attached hydrogen (secondary N) is 1. The van der Waals surface area contributed by atoms with Gasteiger partial charge in [0, 0.05) is 26.2 Å². The molecule has 2 aliphatic rings. The Kier molecular flexibility index (Phi) is 7.00. The third-order valence-electron chi connectivity index (χ3n) is 5.29. The molecule has 158 valence electrons. The van der Waals surface area contributed by atoms with E-state index in [4.69, 9.17) is 0 Å². The number of halogens is 2. The van der Waals surface area contributed by atoms with Gasteiger partial charge in [-0.05, 0) is 37.8 Å². The fourth-order valence-corrected chi connectivity index (χ4v) is 3.77. The van der Waals surface area contributed by atoms with Crippen LogP contribution in [0.15, 0.2) is 24.3 Å². The molecular weight excluding hydrogens is 384 g/mol. The van der Waals surface area contributed by atoms with Crippen LogP contribution in [-0.4, -0.2) is 66.9 Å². The van der Waals surface area contributed by atoms with E-state index in [1.165, 1.54) is 23.1 Å². The van der Waals surface area contributed by atoms with Crippen LogP contribution in [0.2, 0.25) is 0 Å². The molecule has 1 N–H and O–H groups in total. The van der Waals surface area contributed by atoms with Crippen LogP contribution in [0.4, 0.5) is 8.78 Å². The molecule has 0 bridgehead atoms. The first kappa shape index (κ1) is 21.0. The van der Waals surface area contributed by atoms with Gasteiger partial charge in [0.25, 0.3) is 5.91 Å². The van der Waals surface area contributed by atoms with Crippen molar-refractivity contribution in [2.75, 3.05) is 32.7 Å². The number of amides is 3. The number of ether oxygens (including phenoxy) is 1. The predicted octanol–water partition coefficient (Wildman–Crippen LogP) is 1.88. The third kappa shape index (κ3) is 5.42. The Morgan fingerprint density at radius 2 is 1.76 bits per heavy atom. The molecule has 0 radical (unpaired) electrons. The monoisotopic (exact) mass is 409 g/mol. The van der Waals surface area contributed by atoms with Gasteiger partial charge in [-0.2, -0.15) is 8.78 Å². The summed E-state index contributed by atoms with van der Waals surface area (Å²) in [5.41, 5.74) is 0.0399. The quantitative estimate of drug-likeness (QED) is 0.778. The summed E-state index contributed by atoms with van der Waals surface area (Å²) in [6.45, 7) is -1.03. The molecule has 7 nitrogen and oxygen atoms in total. The fourth-order valence-electron chi connectivity index (χ4n) is 3.77.